The molecular weight excluding hydrogens is 324 g/mol. The van der Waals surface area contributed by atoms with Gasteiger partial charge in [0.1, 0.15) is 12.4 Å². The van der Waals surface area contributed by atoms with E-state index < -0.39 is 0 Å². The molecule has 4 saturated carbocycles. The van der Waals surface area contributed by atoms with Crippen LogP contribution in [0.2, 0.25) is 0 Å². The third-order valence-electron chi connectivity index (χ3n) is 6.58. The van der Waals surface area contributed by atoms with Gasteiger partial charge in [0.25, 0.3) is 0 Å². The predicted molar refractivity (Wildman–Crippen MR) is 94.7 cm³/mol. The van der Waals surface area contributed by atoms with Crippen LogP contribution in [0.15, 0.2) is 24.3 Å². The van der Waals surface area contributed by atoms with E-state index in [0.29, 0.717) is 25.2 Å². The quantitative estimate of drug-likeness (QED) is 0.809. The van der Waals surface area contributed by atoms with Crippen LogP contribution in [0, 0.1) is 17.8 Å². The minimum Gasteiger partial charge on any atom is -0.488 e. The summed E-state index contributed by atoms with van der Waals surface area (Å²) in [6.45, 7) is 1.84. The summed E-state index contributed by atoms with van der Waals surface area (Å²) in [5.74, 6) is 3.91. The lowest BCUT2D eigenvalue weighted by Gasteiger charge is -2.57. The number of hydrogen-bond donors (Lipinski definition) is 0. The van der Waals surface area contributed by atoms with Gasteiger partial charge in [0.2, 0.25) is 0 Å². The summed E-state index contributed by atoms with van der Waals surface area (Å²) in [6.07, 6.45) is 8.57. The zero-order valence-corrected chi connectivity index (χ0v) is 14.9. The first-order valence-electron chi connectivity index (χ1n) is 9.26. The summed E-state index contributed by atoms with van der Waals surface area (Å²) >= 11 is 0. The maximum Gasteiger partial charge on any atom is 0.191 e. The molecule has 0 spiro atoms. The number of hydrogen-bond acceptors (Lipinski definition) is 3. The number of rotatable bonds is 4. The molecular formula is C20H27ClO3. The minimum absolute atomic E-state index is 0. The van der Waals surface area contributed by atoms with Gasteiger partial charge in [0, 0.05) is 0 Å². The summed E-state index contributed by atoms with van der Waals surface area (Å²) in [5, 5.41) is 0. The molecule has 0 unspecified atom stereocenters. The maximum atomic E-state index is 5.81. The zero-order chi connectivity index (χ0) is 15.3. The molecule has 24 heavy (non-hydrogen) atoms. The first kappa shape index (κ1) is 16.7. The van der Waals surface area contributed by atoms with E-state index in [4.69, 9.17) is 14.2 Å². The van der Waals surface area contributed by atoms with Gasteiger partial charge in [-0.25, -0.2) is 0 Å². The zero-order valence-electron chi connectivity index (χ0n) is 14.1. The van der Waals surface area contributed by atoms with Crippen molar-refractivity contribution >= 4 is 12.4 Å². The molecule has 1 aromatic carbocycles. The summed E-state index contributed by atoms with van der Waals surface area (Å²) in [4.78, 5) is 0. The van der Waals surface area contributed by atoms with Crippen molar-refractivity contribution < 1.29 is 14.2 Å². The molecule has 6 rings (SSSR count). The van der Waals surface area contributed by atoms with E-state index in [1.807, 2.05) is 0 Å². The van der Waals surface area contributed by atoms with Crippen molar-refractivity contribution in [2.75, 3.05) is 19.8 Å². The lowest BCUT2D eigenvalue weighted by molar-refractivity contribution is -0.0684. The molecule has 1 saturated heterocycles. The fourth-order valence-electron chi connectivity index (χ4n) is 6.04. The lowest BCUT2D eigenvalue weighted by atomic mass is 9.48. The van der Waals surface area contributed by atoms with Crippen molar-refractivity contribution in [1.82, 2.24) is 0 Å². The van der Waals surface area contributed by atoms with Crippen molar-refractivity contribution in [2.45, 2.75) is 50.2 Å². The fourth-order valence-corrected chi connectivity index (χ4v) is 6.04. The fraction of sp³-hybridized carbons (Fsp3) is 0.700. The van der Waals surface area contributed by atoms with Crippen LogP contribution in [0.1, 0.15) is 44.1 Å². The minimum atomic E-state index is -0.196. The predicted octanol–water partition coefficient (Wildman–Crippen LogP) is 4.33. The van der Waals surface area contributed by atoms with Crippen LogP contribution in [0.25, 0.3) is 0 Å². The van der Waals surface area contributed by atoms with Gasteiger partial charge in [-0.1, -0.05) is 12.1 Å². The molecule has 0 atom stereocenters. The van der Waals surface area contributed by atoms with Crippen LogP contribution in [-0.4, -0.2) is 26.1 Å². The monoisotopic (exact) mass is 350 g/mol. The average Bonchev–Trinajstić information content (AvgIpc) is 3.05. The first-order valence-corrected chi connectivity index (χ1v) is 9.26. The van der Waals surface area contributed by atoms with Gasteiger partial charge >= 0.3 is 0 Å². The topological polar surface area (TPSA) is 27.7 Å². The number of benzene rings is 1. The molecule has 1 heterocycles. The SMILES string of the molecule is Cl.c1cc(C23CC4CC(CC(C4)C2)C3)ccc1OCC1OCCO1. The first-order chi connectivity index (χ1) is 11.3. The molecule has 132 valence electrons. The maximum absolute atomic E-state index is 5.81. The standard InChI is InChI=1S/C20H26O3.ClH/c1-3-18(23-13-19-21-5-6-22-19)4-2-17(1)20-10-14-7-15(11-20)9-16(8-14)12-20;/h1-4,14-16,19H,5-13H2;1H. The van der Waals surface area contributed by atoms with Gasteiger partial charge in [-0.15, -0.1) is 12.4 Å². The van der Waals surface area contributed by atoms with Gasteiger partial charge in [0.05, 0.1) is 13.2 Å². The molecule has 0 radical (unpaired) electrons. The summed E-state index contributed by atoms with van der Waals surface area (Å²) in [6, 6.07) is 8.92. The van der Waals surface area contributed by atoms with Gasteiger partial charge in [-0.05, 0) is 79.4 Å². The van der Waals surface area contributed by atoms with E-state index in [1.54, 1.807) is 5.56 Å². The van der Waals surface area contributed by atoms with Crippen LogP contribution in [0.4, 0.5) is 0 Å². The molecule has 4 heteroatoms. The highest BCUT2D eigenvalue weighted by molar-refractivity contribution is 5.85. The Kier molecular flexibility index (Phi) is 4.53. The van der Waals surface area contributed by atoms with Crippen LogP contribution < -0.4 is 4.74 Å². The Morgan fingerprint density at radius 2 is 1.42 bits per heavy atom. The van der Waals surface area contributed by atoms with Crippen molar-refractivity contribution in [2.24, 2.45) is 17.8 Å². The second-order valence-electron chi connectivity index (χ2n) is 8.20. The van der Waals surface area contributed by atoms with Gasteiger partial charge in [-0.2, -0.15) is 0 Å². The third kappa shape index (κ3) is 2.95. The van der Waals surface area contributed by atoms with E-state index in [9.17, 15) is 0 Å². The second-order valence-corrected chi connectivity index (χ2v) is 8.20. The molecule has 4 aliphatic carbocycles. The lowest BCUT2D eigenvalue weighted by Crippen LogP contribution is -2.48. The number of halogens is 1. The molecule has 0 amide bonds. The highest BCUT2D eigenvalue weighted by Gasteiger charge is 2.51. The Morgan fingerprint density at radius 3 is 1.96 bits per heavy atom. The van der Waals surface area contributed by atoms with E-state index >= 15 is 0 Å². The molecule has 1 aromatic rings. The Labute approximate surface area is 150 Å². The molecule has 3 nitrogen and oxygen atoms in total. The second kappa shape index (κ2) is 6.51. The normalized spacial score (nSPS) is 37.4. The Bertz CT molecular complexity index is 529. The van der Waals surface area contributed by atoms with E-state index in [1.165, 1.54) is 38.5 Å². The largest absolute Gasteiger partial charge is 0.488 e. The molecule has 0 aromatic heterocycles. The smallest absolute Gasteiger partial charge is 0.191 e. The highest BCUT2D eigenvalue weighted by atomic mass is 35.5. The van der Waals surface area contributed by atoms with Crippen molar-refractivity contribution in [3.63, 3.8) is 0 Å². The van der Waals surface area contributed by atoms with Gasteiger partial charge in [-0.3, -0.25) is 0 Å². The highest BCUT2D eigenvalue weighted by Crippen LogP contribution is 2.60. The van der Waals surface area contributed by atoms with Crippen molar-refractivity contribution in [1.29, 1.82) is 0 Å². The Morgan fingerprint density at radius 1 is 0.875 bits per heavy atom. The Hall–Kier alpha value is -0.770. The molecule has 5 fully saturated rings. The van der Waals surface area contributed by atoms with Gasteiger partial charge in [0.15, 0.2) is 6.29 Å². The van der Waals surface area contributed by atoms with Crippen molar-refractivity contribution in [3.05, 3.63) is 29.8 Å². The Balaban J connectivity index is 0.00000146. The number of ether oxygens (including phenoxy) is 3. The molecule has 5 aliphatic rings. The van der Waals surface area contributed by atoms with E-state index in [-0.39, 0.29) is 18.7 Å². The van der Waals surface area contributed by atoms with Crippen LogP contribution in [0.3, 0.4) is 0 Å². The third-order valence-corrected chi connectivity index (χ3v) is 6.58. The molecule has 4 bridgehead atoms. The summed E-state index contributed by atoms with van der Waals surface area (Å²) in [5.41, 5.74) is 2.03. The van der Waals surface area contributed by atoms with Gasteiger partial charge < -0.3 is 14.2 Å². The van der Waals surface area contributed by atoms with Crippen LogP contribution >= 0.6 is 12.4 Å². The van der Waals surface area contributed by atoms with Crippen LogP contribution in [0.5, 0.6) is 5.75 Å². The van der Waals surface area contributed by atoms with E-state index in [2.05, 4.69) is 24.3 Å². The average molecular weight is 351 g/mol. The summed E-state index contributed by atoms with van der Waals surface area (Å²) < 4.78 is 16.6. The molecule has 0 N–H and O–H groups in total. The van der Waals surface area contributed by atoms with Crippen molar-refractivity contribution in [3.8, 4) is 5.75 Å². The van der Waals surface area contributed by atoms with Crippen LogP contribution in [-0.2, 0) is 14.9 Å². The molecule has 1 aliphatic heterocycles. The summed E-state index contributed by atoms with van der Waals surface area (Å²) in [7, 11) is 0. The van der Waals surface area contributed by atoms with E-state index in [0.717, 1.165) is 23.5 Å².